The second kappa shape index (κ2) is 8.70. The fourth-order valence-corrected chi connectivity index (χ4v) is 2.88. The Morgan fingerprint density at radius 2 is 1.63 bits per heavy atom. The highest BCUT2D eigenvalue weighted by Gasteiger charge is 2.21. The first-order valence-electron chi connectivity index (χ1n) is 9.24. The van der Waals surface area contributed by atoms with E-state index in [-0.39, 0.29) is 11.1 Å². The van der Waals surface area contributed by atoms with Crippen LogP contribution in [0.2, 0.25) is 0 Å². The minimum atomic E-state index is -1.06. The molecule has 5 nitrogen and oxygen atoms in total. The van der Waals surface area contributed by atoms with E-state index in [1.807, 2.05) is 6.07 Å². The summed E-state index contributed by atoms with van der Waals surface area (Å²) in [6.07, 6.45) is 1.31. The van der Waals surface area contributed by atoms with Gasteiger partial charge in [0.15, 0.2) is 11.6 Å². The summed E-state index contributed by atoms with van der Waals surface area (Å²) in [6, 6.07) is 11.0. The number of aromatic nitrogens is 2. The third-order valence-corrected chi connectivity index (χ3v) is 4.57. The summed E-state index contributed by atoms with van der Waals surface area (Å²) < 4.78 is 31.3. The van der Waals surface area contributed by atoms with Crippen LogP contribution in [-0.4, -0.2) is 21.9 Å². The lowest BCUT2D eigenvalue weighted by atomic mass is 10.1. The van der Waals surface area contributed by atoms with Crippen LogP contribution >= 0.6 is 0 Å². The molecule has 152 valence electrons. The Morgan fingerprint density at radius 1 is 1.03 bits per heavy atom. The lowest BCUT2D eigenvalue weighted by molar-refractivity contribution is 0.555. The summed E-state index contributed by atoms with van der Waals surface area (Å²) in [5.41, 5.74) is -1.22. The quantitative estimate of drug-likeness (QED) is 0.495. The first kappa shape index (κ1) is 20.9. The zero-order chi connectivity index (χ0) is 21.8. The predicted molar refractivity (Wildman–Crippen MR) is 112 cm³/mol. The maximum absolute atomic E-state index is 14.8. The number of nitrogens with zero attached hydrogens (tertiary/aromatic N) is 3. The lowest BCUT2D eigenvalue weighted by Gasteiger charge is -2.13. The molecule has 3 rings (SSSR count). The highest BCUT2D eigenvalue weighted by Crippen LogP contribution is 2.18. The normalized spacial score (nSPS) is 10.8. The zero-order valence-electron chi connectivity index (χ0n) is 16.7. The Hall–Kier alpha value is -3.79. The summed E-state index contributed by atoms with van der Waals surface area (Å²) in [6.45, 7) is 3.76. The Balaban J connectivity index is 2.19. The summed E-state index contributed by atoms with van der Waals surface area (Å²) in [7, 11) is 1.42. The van der Waals surface area contributed by atoms with Crippen molar-refractivity contribution in [1.82, 2.24) is 9.13 Å². The van der Waals surface area contributed by atoms with Crippen LogP contribution < -0.4 is 11.2 Å². The molecule has 0 radical (unpaired) electrons. The Labute approximate surface area is 172 Å². The van der Waals surface area contributed by atoms with Gasteiger partial charge in [-0.1, -0.05) is 30.0 Å². The van der Waals surface area contributed by atoms with E-state index in [9.17, 15) is 18.4 Å². The predicted octanol–water partition coefficient (Wildman–Crippen LogP) is 2.96. The second-order valence-electron chi connectivity index (χ2n) is 6.51. The standard InChI is InChI=1S/C23H19F2N3O2/c1-4-26-14-18-15(2)27(3)23(30)28(22(18)29)21-19(24)12-17(13-20(21)25)11-10-16-8-6-5-7-9-16/h5-9,12-14H,4H2,1-3H3. The van der Waals surface area contributed by atoms with Gasteiger partial charge < -0.3 is 0 Å². The molecule has 0 atom stereocenters. The van der Waals surface area contributed by atoms with Gasteiger partial charge in [-0.3, -0.25) is 14.4 Å². The Morgan fingerprint density at radius 3 is 2.23 bits per heavy atom. The van der Waals surface area contributed by atoms with Gasteiger partial charge in [-0.15, -0.1) is 0 Å². The van der Waals surface area contributed by atoms with Crippen molar-refractivity contribution in [3.05, 3.63) is 97.3 Å². The second-order valence-corrected chi connectivity index (χ2v) is 6.51. The molecule has 2 aromatic carbocycles. The molecule has 0 N–H and O–H groups in total. The van der Waals surface area contributed by atoms with Crippen LogP contribution in [0.5, 0.6) is 0 Å². The van der Waals surface area contributed by atoms with Crippen molar-refractivity contribution in [1.29, 1.82) is 0 Å². The highest BCUT2D eigenvalue weighted by atomic mass is 19.1. The molecule has 0 fully saturated rings. The van der Waals surface area contributed by atoms with Crippen LogP contribution in [0.3, 0.4) is 0 Å². The smallest absolute Gasteiger partial charge is 0.300 e. The molecule has 3 aromatic rings. The van der Waals surface area contributed by atoms with Gasteiger partial charge in [0, 0.05) is 36.6 Å². The van der Waals surface area contributed by atoms with Gasteiger partial charge in [-0.25, -0.2) is 18.1 Å². The van der Waals surface area contributed by atoms with Crippen molar-refractivity contribution in [2.24, 2.45) is 12.0 Å². The average molecular weight is 407 g/mol. The molecule has 1 aromatic heterocycles. The number of halogens is 2. The highest BCUT2D eigenvalue weighted by molar-refractivity contribution is 5.80. The van der Waals surface area contributed by atoms with Gasteiger partial charge in [0.2, 0.25) is 0 Å². The summed E-state index contributed by atoms with van der Waals surface area (Å²) in [5, 5.41) is 0. The number of hydrogen-bond acceptors (Lipinski definition) is 3. The maximum Gasteiger partial charge on any atom is 0.335 e. The molecular formula is C23H19F2N3O2. The van der Waals surface area contributed by atoms with Gasteiger partial charge in [-0.2, -0.15) is 0 Å². The van der Waals surface area contributed by atoms with E-state index in [0.717, 1.165) is 16.7 Å². The maximum atomic E-state index is 14.8. The molecule has 0 saturated carbocycles. The van der Waals surface area contributed by atoms with E-state index < -0.39 is 28.6 Å². The first-order chi connectivity index (χ1) is 14.3. The Bertz CT molecular complexity index is 1290. The summed E-state index contributed by atoms with van der Waals surface area (Å²) in [5.74, 6) is 3.38. The van der Waals surface area contributed by atoms with Crippen LogP contribution in [0.4, 0.5) is 8.78 Å². The number of benzene rings is 2. The van der Waals surface area contributed by atoms with Gasteiger partial charge >= 0.3 is 5.69 Å². The zero-order valence-corrected chi connectivity index (χ0v) is 16.7. The lowest BCUT2D eigenvalue weighted by Crippen LogP contribution is -2.42. The van der Waals surface area contributed by atoms with Crippen LogP contribution in [-0.2, 0) is 7.05 Å². The number of rotatable bonds is 3. The molecule has 0 unspecified atom stereocenters. The molecular weight excluding hydrogens is 388 g/mol. The number of hydrogen-bond donors (Lipinski definition) is 0. The average Bonchev–Trinajstić information content (AvgIpc) is 2.73. The van der Waals surface area contributed by atoms with Crippen LogP contribution in [0.25, 0.3) is 5.69 Å². The molecule has 7 heteroatoms. The van der Waals surface area contributed by atoms with E-state index in [2.05, 4.69) is 16.8 Å². The van der Waals surface area contributed by atoms with E-state index in [1.54, 1.807) is 38.1 Å². The van der Waals surface area contributed by atoms with Crippen molar-refractivity contribution >= 4 is 6.21 Å². The molecule has 0 bridgehead atoms. The first-order valence-corrected chi connectivity index (χ1v) is 9.24. The van der Waals surface area contributed by atoms with Gasteiger partial charge in [0.1, 0.15) is 5.69 Å². The van der Waals surface area contributed by atoms with Crippen molar-refractivity contribution < 1.29 is 8.78 Å². The van der Waals surface area contributed by atoms with Crippen LogP contribution in [0.1, 0.15) is 29.3 Å². The fraction of sp³-hybridized carbons (Fsp3) is 0.174. The van der Waals surface area contributed by atoms with Gasteiger partial charge in [-0.05, 0) is 38.1 Å². The third kappa shape index (κ3) is 3.98. The molecule has 0 amide bonds. The van der Waals surface area contributed by atoms with Gasteiger partial charge in [0.25, 0.3) is 5.56 Å². The Kier molecular flexibility index (Phi) is 6.07. The number of aliphatic imine (C=N–C) groups is 1. The molecule has 0 saturated heterocycles. The largest absolute Gasteiger partial charge is 0.335 e. The van der Waals surface area contributed by atoms with Crippen molar-refractivity contribution in [3.63, 3.8) is 0 Å². The molecule has 1 heterocycles. The van der Waals surface area contributed by atoms with E-state index in [4.69, 9.17) is 0 Å². The minimum Gasteiger partial charge on any atom is -0.300 e. The molecule has 0 aliphatic carbocycles. The monoisotopic (exact) mass is 407 g/mol. The van der Waals surface area contributed by atoms with Gasteiger partial charge in [0.05, 0.1) is 5.56 Å². The summed E-state index contributed by atoms with van der Waals surface area (Å²) in [4.78, 5) is 29.5. The fourth-order valence-electron chi connectivity index (χ4n) is 2.88. The molecule has 0 spiro atoms. The van der Waals surface area contributed by atoms with Crippen LogP contribution in [0, 0.1) is 30.4 Å². The van der Waals surface area contributed by atoms with E-state index >= 15 is 0 Å². The SMILES string of the molecule is CCN=Cc1c(C)n(C)c(=O)n(-c2c(F)cc(C#Cc3ccccc3)cc2F)c1=O. The molecule has 0 aliphatic heterocycles. The van der Waals surface area contributed by atoms with Crippen molar-refractivity contribution in [2.45, 2.75) is 13.8 Å². The summed E-state index contributed by atoms with van der Waals surface area (Å²) >= 11 is 0. The minimum absolute atomic E-state index is 0.0855. The van der Waals surface area contributed by atoms with E-state index in [0.29, 0.717) is 22.4 Å². The topological polar surface area (TPSA) is 56.4 Å². The third-order valence-electron chi connectivity index (χ3n) is 4.57. The molecule has 0 aliphatic rings. The molecule has 30 heavy (non-hydrogen) atoms. The van der Waals surface area contributed by atoms with Crippen molar-refractivity contribution in [3.8, 4) is 17.5 Å². The van der Waals surface area contributed by atoms with E-state index in [1.165, 1.54) is 13.3 Å². The van der Waals surface area contributed by atoms with Crippen molar-refractivity contribution in [2.75, 3.05) is 6.54 Å². The van der Waals surface area contributed by atoms with Crippen LogP contribution in [0.15, 0.2) is 57.0 Å².